The number of sulfonamides is 1. The van der Waals surface area contributed by atoms with Crippen LogP contribution < -0.4 is 19.7 Å². The Morgan fingerprint density at radius 1 is 0.857 bits per heavy atom. The van der Waals surface area contributed by atoms with Gasteiger partial charge in [0.1, 0.15) is 13.2 Å². The summed E-state index contributed by atoms with van der Waals surface area (Å²) in [7, 11) is -3.79. The highest BCUT2D eigenvalue weighted by molar-refractivity contribution is 7.89. The van der Waals surface area contributed by atoms with Crippen molar-refractivity contribution in [1.82, 2.24) is 4.31 Å². The smallest absolute Gasteiger partial charge is 0.257 e. The van der Waals surface area contributed by atoms with Crippen LogP contribution in [0.5, 0.6) is 11.5 Å². The Morgan fingerprint density at radius 3 is 2.31 bits per heavy atom. The van der Waals surface area contributed by atoms with E-state index >= 15 is 0 Å². The van der Waals surface area contributed by atoms with Gasteiger partial charge in [0.15, 0.2) is 11.5 Å². The van der Waals surface area contributed by atoms with Crippen LogP contribution in [0.2, 0.25) is 5.02 Å². The van der Waals surface area contributed by atoms with E-state index in [9.17, 15) is 13.2 Å². The first-order valence-electron chi connectivity index (χ1n) is 11.2. The van der Waals surface area contributed by atoms with Crippen molar-refractivity contribution in [2.45, 2.75) is 4.90 Å². The highest BCUT2D eigenvalue weighted by atomic mass is 35.5. The fourth-order valence-electron chi connectivity index (χ4n) is 4.13. The van der Waals surface area contributed by atoms with Crippen LogP contribution in [-0.2, 0) is 10.0 Å². The van der Waals surface area contributed by atoms with E-state index in [4.69, 9.17) is 21.1 Å². The molecule has 0 atom stereocenters. The molecule has 2 aliphatic heterocycles. The zero-order valence-corrected chi connectivity index (χ0v) is 20.4. The zero-order valence-electron chi connectivity index (χ0n) is 18.8. The molecule has 1 amide bonds. The van der Waals surface area contributed by atoms with Gasteiger partial charge in [-0.25, -0.2) is 8.42 Å². The monoisotopic (exact) mass is 513 g/mol. The van der Waals surface area contributed by atoms with Gasteiger partial charge in [-0.3, -0.25) is 4.79 Å². The predicted octanol–water partition coefficient (Wildman–Crippen LogP) is 3.87. The first-order valence-corrected chi connectivity index (χ1v) is 13.0. The lowest BCUT2D eigenvalue weighted by Gasteiger charge is -2.35. The van der Waals surface area contributed by atoms with E-state index < -0.39 is 15.9 Å². The van der Waals surface area contributed by atoms with Crippen LogP contribution in [-0.4, -0.2) is 58.0 Å². The highest BCUT2D eigenvalue weighted by Gasteiger charge is 2.29. The number of benzene rings is 3. The number of nitrogens with zero attached hydrogens (tertiary/aromatic N) is 2. The van der Waals surface area contributed by atoms with Gasteiger partial charge < -0.3 is 19.7 Å². The molecule has 10 heteroatoms. The summed E-state index contributed by atoms with van der Waals surface area (Å²) in [6.45, 7) is 2.74. The summed E-state index contributed by atoms with van der Waals surface area (Å²) in [4.78, 5) is 15.2. The van der Waals surface area contributed by atoms with Crippen LogP contribution in [0.25, 0.3) is 0 Å². The third kappa shape index (κ3) is 4.93. The van der Waals surface area contributed by atoms with Crippen LogP contribution in [0.4, 0.5) is 11.4 Å². The molecule has 35 heavy (non-hydrogen) atoms. The molecule has 1 N–H and O–H groups in total. The van der Waals surface area contributed by atoms with E-state index in [1.165, 1.54) is 22.5 Å². The summed E-state index contributed by atoms with van der Waals surface area (Å²) in [6.07, 6.45) is 0. The van der Waals surface area contributed by atoms with Crippen molar-refractivity contribution in [2.24, 2.45) is 0 Å². The minimum atomic E-state index is -3.79. The fourth-order valence-corrected chi connectivity index (χ4v) is 5.79. The Kier molecular flexibility index (Phi) is 6.55. The minimum absolute atomic E-state index is 0.0300. The molecule has 1 fully saturated rings. The van der Waals surface area contributed by atoms with E-state index in [0.29, 0.717) is 56.6 Å². The third-order valence-electron chi connectivity index (χ3n) is 5.98. The van der Waals surface area contributed by atoms with Crippen molar-refractivity contribution >= 4 is 38.9 Å². The molecular weight excluding hydrogens is 490 g/mol. The molecule has 0 saturated carbocycles. The molecule has 0 radical (unpaired) electrons. The standard InChI is InChI=1S/C25H24ClN3O5S/c26-22-8-7-20(35(31,32)29-12-10-28(11-13-29)19-4-2-1-3-5-19)17-21(22)25(30)27-18-6-9-23-24(16-18)34-15-14-33-23/h1-9,16-17H,10-15H2,(H,27,30). The number of carbonyl (C=O) groups is 1. The average Bonchev–Trinajstić information content (AvgIpc) is 2.89. The van der Waals surface area contributed by atoms with E-state index in [2.05, 4.69) is 10.2 Å². The van der Waals surface area contributed by atoms with Crippen molar-refractivity contribution in [3.05, 3.63) is 77.3 Å². The fraction of sp³-hybridized carbons (Fsp3) is 0.240. The van der Waals surface area contributed by atoms with Gasteiger partial charge in [0.05, 0.1) is 15.5 Å². The molecule has 0 unspecified atom stereocenters. The molecule has 0 spiro atoms. The lowest BCUT2D eigenvalue weighted by atomic mass is 10.2. The second-order valence-electron chi connectivity index (χ2n) is 8.18. The Balaban J connectivity index is 1.31. The summed E-state index contributed by atoms with van der Waals surface area (Å²) < 4.78 is 39.2. The maximum atomic E-state index is 13.3. The molecule has 2 heterocycles. The quantitative estimate of drug-likeness (QED) is 0.557. The number of fused-ring (bicyclic) bond motifs is 1. The van der Waals surface area contributed by atoms with E-state index in [1.807, 2.05) is 30.3 Å². The molecule has 2 aliphatic rings. The molecular formula is C25H24ClN3O5S. The Bertz CT molecular complexity index is 1340. The minimum Gasteiger partial charge on any atom is -0.486 e. The molecule has 1 saturated heterocycles. The summed E-state index contributed by atoms with van der Waals surface area (Å²) in [5.41, 5.74) is 1.63. The number of hydrogen-bond acceptors (Lipinski definition) is 6. The predicted molar refractivity (Wildman–Crippen MR) is 134 cm³/mol. The summed E-state index contributed by atoms with van der Waals surface area (Å²) in [6, 6.07) is 19.1. The number of piperazine rings is 1. The van der Waals surface area contributed by atoms with Crippen molar-refractivity contribution in [3.63, 3.8) is 0 Å². The molecule has 0 bridgehead atoms. The van der Waals surface area contributed by atoms with E-state index in [0.717, 1.165) is 5.69 Å². The molecule has 3 aromatic rings. The first kappa shape index (κ1) is 23.5. The highest BCUT2D eigenvalue weighted by Crippen LogP contribution is 2.33. The van der Waals surface area contributed by atoms with Crippen LogP contribution in [0.3, 0.4) is 0 Å². The van der Waals surface area contributed by atoms with Gasteiger partial charge in [-0.15, -0.1) is 0 Å². The Morgan fingerprint density at radius 2 is 1.57 bits per heavy atom. The van der Waals surface area contributed by atoms with Crippen LogP contribution in [0, 0.1) is 0 Å². The van der Waals surface area contributed by atoms with Gasteiger partial charge in [0, 0.05) is 43.6 Å². The van der Waals surface area contributed by atoms with Gasteiger partial charge in [-0.05, 0) is 42.5 Å². The third-order valence-corrected chi connectivity index (χ3v) is 8.20. The van der Waals surface area contributed by atoms with Crippen LogP contribution in [0.1, 0.15) is 10.4 Å². The van der Waals surface area contributed by atoms with Gasteiger partial charge in [0.2, 0.25) is 10.0 Å². The second kappa shape index (κ2) is 9.77. The molecule has 0 aromatic heterocycles. The number of ether oxygens (including phenoxy) is 2. The average molecular weight is 514 g/mol. The number of hydrogen-bond donors (Lipinski definition) is 1. The van der Waals surface area contributed by atoms with Gasteiger partial charge in [-0.2, -0.15) is 4.31 Å². The second-order valence-corrected chi connectivity index (χ2v) is 10.5. The normalized spacial score (nSPS) is 16.1. The number of amides is 1. The van der Waals surface area contributed by atoms with Crippen molar-refractivity contribution in [3.8, 4) is 11.5 Å². The van der Waals surface area contributed by atoms with E-state index in [-0.39, 0.29) is 15.5 Å². The lowest BCUT2D eigenvalue weighted by Crippen LogP contribution is -2.48. The number of carbonyl (C=O) groups excluding carboxylic acids is 1. The topological polar surface area (TPSA) is 88.2 Å². The number of anilines is 2. The SMILES string of the molecule is O=C(Nc1ccc2c(c1)OCCO2)c1cc(S(=O)(=O)N2CCN(c3ccccc3)CC2)ccc1Cl. The van der Waals surface area contributed by atoms with E-state index in [1.54, 1.807) is 18.2 Å². The maximum Gasteiger partial charge on any atom is 0.257 e. The van der Waals surface area contributed by atoms with Crippen molar-refractivity contribution in [2.75, 3.05) is 49.6 Å². The Labute approximate surface area is 209 Å². The molecule has 3 aromatic carbocycles. The van der Waals surface area contributed by atoms with Crippen LogP contribution >= 0.6 is 11.6 Å². The van der Waals surface area contributed by atoms with Crippen molar-refractivity contribution in [1.29, 1.82) is 0 Å². The number of nitrogens with one attached hydrogen (secondary N) is 1. The summed E-state index contributed by atoms with van der Waals surface area (Å²) in [5.74, 6) is 0.622. The molecule has 182 valence electrons. The molecule has 0 aliphatic carbocycles. The maximum absolute atomic E-state index is 13.3. The number of rotatable bonds is 5. The molecule has 8 nitrogen and oxygen atoms in total. The Hall–Kier alpha value is -3.27. The van der Waals surface area contributed by atoms with Crippen molar-refractivity contribution < 1.29 is 22.7 Å². The van der Waals surface area contributed by atoms with Crippen LogP contribution in [0.15, 0.2) is 71.6 Å². The number of halogens is 1. The summed E-state index contributed by atoms with van der Waals surface area (Å²) >= 11 is 6.27. The molecule has 5 rings (SSSR count). The van der Waals surface area contributed by atoms with Gasteiger partial charge >= 0.3 is 0 Å². The lowest BCUT2D eigenvalue weighted by molar-refractivity contribution is 0.102. The van der Waals surface area contributed by atoms with Gasteiger partial charge in [0.25, 0.3) is 5.91 Å². The van der Waals surface area contributed by atoms with Gasteiger partial charge in [-0.1, -0.05) is 29.8 Å². The zero-order chi connectivity index (χ0) is 24.4. The summed E-state index contributed by atoms with van der Waals surface area (Å²) in [5, 5.41) is 2.92. The number of para-hydroxylation sites is 1. The largest absolute Gasteiger partial charge is 0.486 e. The first-order chi connectivity index (χ1) is 16.9.